The van der Waals surface area contributed by atoms with E-state index in [-0.39, 0.29) is 17.2 Å². The summed E-state index contributed by atoms with van der Waals surface area (Å²) in [6, 6.07) is -0.642. The second-order valence-electron chi connectivity index (χ2n) is 4.73. The molecule has 0 saturated carbocycles. The molecule has 2 unspecified atom stereocenters. The van der Waals surface area contributed by atoms with Crippen LogP contribution in [0.25, 0.3) is 0 Å². The molecule has 0 aliphatic carbocycles. The molecule has 0 spiro atoms. The maximum atomic E-state index is 12.1. The third-order valence-electron chi connectivity index (χ3n) is 2.92. The van der Waals surface area contributed by atoms with E-state index in [4.69, 9.17) is 5.11 Å². The van der Waals surface area contributed by atoms with Crippen molar-refractivity contribution in [1.29, 1.82) is 0 Å². The first kappa shape index (κ1) is 14.4. The predicted molar refractivity (Wildman–Crippen MR) is 68.9 cm³/mol. The molecule has 1 aliphatic rings. The number of carboxylic acid groups (broad SMARTS) is 1. The maximum absolute atomic E-state index is 12.1. The van der Waals surface area contributed by atoms with Crippen molar-refractivity contribution in [2.24, 2.45) is 5.92 Å². The summed E-state index contributed by atoms with van der Waals surface area (Å²) < 4.78 is 0. The molecule has 1 N–H and O–H groups in total. The van der Waals surface area contributed by atoms with Gasteiger partial charge in [-0.05, 0) is 12.3 Å². The van der Waals surface area contributed by atoms with Crippen LogP contribution in [0.15, 0.2) is 0 Å². The maximum Gasteiger partial charge on any atom is 0.327 e. The molecule has 5 heteroatoms. The van der Waals surface area contributed by atoms with Gasteiger partial charge in [-0.15, -0.1) is 11.8 Å². The van der Waals surface area contributed by atoms with Gasteiger partial charge in [0.2, 0.25) is 5.91 Å². The van der Waals surface area contributed by atoms with E-state index in [1.165, 1.54) is 0 Å². The second-order valence-corrected chi connectivity index (χ2v) is 5.88. The van der Waals surface area contributed by atoms with Crippen LogP contribution in [-0.2, 0) is 9.59 Å². The lowest BCUT2D eigenvalue weighted by Gasteiger charge is -2.29. The van der Waals surface area contributed by atoms with Gasteiger partial charge in [-0.25, -0.2) is 4.79 Å². The molecule has 1 heterocycles. The average Bonchev–Trinajstić information content (AvgIpc) is 2.70. The number of thioether (sulfide) groups is 1. The van der Waals surface area contributed by atoms with Gasteiger partial charge in [0.25, 0.3) is 0 Å². The number of hydrogen-bond acceptors (Lipinski definition) is 3. The van der Waals surface area contributed by atoms with Crippen molar-refractivity contribution in [2.75, 3.05) is 5.75 Å². The molecule has 0 aromatic rings. The normalized spacial score (nSPS) is 24.4. The van der Waals surface area contributed by atoms with E-state index in [1.54, 1.807) is 16.7 Å². The van der Waals surface area contributed by atoms with Gasteiger partial charge in [0.15, 0.2) is 0 Å². The van der Waals surface area contributed by atoms with Crippen molar-refractivity contribution in [1.82, 2.24) is 4.90 Å². The van der Waals surface area contributed by atoms with Crippen molar-refractivity contribution in [2.45, 2.75) is 51.4 Å². The van der Waals surface area contributed by atoms with E-state index in [2.05, 4.69) is 0 Å². The van der Waals surface area contributed by atoms with E-state index < -0.39 is 12.0 Å². The number of amides is 1. The minimum Gasteiger partial charge on any atom is -0.480 e. The first-order valence-electron chi connectivity index (χ1n) is 6.14. The number of aliphatic carboxylic acids is 1. The number of rotatable bonds is 5. The van der Waals surface area contributed by atoms with Gasteiger partial charge in [0.1, 0.15) is 6.04 Å². The molecule has 0 radical (unpaired) electrons. The highest BCUT2D eigenvalue weighted by Gasteiger charge is 2.42. The SMILES string of the molecule is CCCCC(=O)N1C(C(=O)O)CSC1C(C)C. The van der Waals surface area contributed by atoms with Crippen molar-refractivity contribution in [3.05, 3.63) is 0 Å². The summed E-state index contributed by atoms with van der Waals surface area (Å²) >= 11 is 1.58. The number of carboxylic acids is 1. The van der Waals surface area contributed by atoms with Crippen LogP contribution in [0.5, 0.6) is 0 Å². The van der Waals surface area contributed by atoms with Crippen LogP contribution in [0, 0.1) is 5.92 Å². The monoisotopic (exact) mass is 259 g/mol. The topological polar surface area (TPSA) is 57.6 Å². The number of carbonyl (C=O) groups is 2. The molecule has 0 aromatic carbocycles. The Bertz CT molecular complexity index is 293. The molecular formula is C12H21NO3S. The van der Waals surface area contributed by atoms with Crippen LogP contribution in [-0.4, -0.2) is 39.1 Å². The lowest BCUT2D eigenvalue weighted by Crippen LogP contribution is -2.47. The molecule has 1 rings (SSSR count). The molecular weight excluding hydrogens is 238 g/mol. The van der Waals surface area contributed by atoms with E-state index in [1.807, 2.05) is 20.8 Å². The van der Waals surface area contributed by atoms with Crippen LogP contribution in [0.4, 0.5) is 0 Å². The van der Waals surface area contributed by atoms with Crippen molar-refractivity contribution in [3.63, 3.8) is 0 Å². The van der Waals surface area contributed by atoms with Crippen LogP contribution in [0.2, 0.25) is 0 Å². The number of hydrogen-bond donors (Lipinski definition) is 1. The lowest BCUT2D eigenvalue weighted by molar-refractivity contribution is -0.149. The minimum absolute atomic E-state index is 0.0112. The quantitative estimate of drug-likeness (QED) is 0.822. The summed E-state index contributed by atoms with van der Waals surface area (Å²) in [4.78, 5) is 24.8. The van der Waals surface area contributed by atoms with Crippen LogP contribution >= 0.6 is 11.8 Å². The molecule has 98 valence electrons. The molecule has 17 heavy (non-hydrogen) atoms. The van der Waals surface area contributed by atoms with Crippen molar-refractivity contribution >= 4 is 23.6 Å². The highest BCUT2D eigenvalue weighted by molar-refractivity contribution is 8.00. The molecule has 1 saturated heterocycles. The standard InChI is InChI=1S/C12H21NO3S/c1-4-5-6-10(14)13-9(12(15)16)7-17-11(13)8(2)3/h8-9,11H,4-7H2,1-3H3,(H,15,16). The Morgan fingerprint density at radius 1 is 1.47 bits per heavy atom. The minimum atomic E-state index is -0.884. The predicted octanol–water partition coefficient (Wildman–Crippen LogP) is 2.19. The number of carbonyl (C=O) groups excluding carboxylic acids is 1. The van der Waals surface area contributed by atoms with Crippen LogP contribution in [0.3, 0.4) is 0 Å². The molecule has 1 aliphatic heterocycles. The number of unbranched alkanes of at least 4 members (excludes halogenated alkanes) is 1. The zero-order valence-electron chi connectivity index (χ0n) is 10.7. The van der Waals surface area contributed by atoms with Crippen molar-refractivity contribution < 1.29 is 14.7 Å². The van der Waals surface area contributed by atoms with Gasteiger partial charge in [0.05, 0.1) is 5.37 Å². The van der Waals surface area contributed by atoms with Crippen molar-refractivity contribution in [3.8, 4) is 0 Å². The van der Waals surface area contributed by atoms with Gasteiger partial charge >= 0.3 is 5.97 Å². The Morgan fingerprint density at radius 2 is 2.12 bits per heavy atom. The first-order chi connectivity index (χ1) is 7.99. The van der Waals surface area contributed by atoms with Gasteiger partial charge < -0.3 is 10.0 Å². The lowest BCUT2D eigenvalue weighted by atomic mass is 10.1. The fourth-order valence-corrected chi connectivity index (χ4v) is 3.50. The summed E-state index contributed by atoms with van der Waals surface area (Å²) in [5.41, 5.74) is 0. The fraction of sp³-hybridized carbons (Fsp3) is 0.833. The highest BCUT2D eigenvalue weighted by atomic mass is 32.2. The third-order valence-corrected chi connectivity index (χ3v) is 4.54. The van der Waals surface area contributed by atoms with E-state index in [0.29, 0.717) is 12.2 Å². The first-order valence-corrected chi connectivity index (χ1v) is 7.19. The van der Waals surface area contributed by atoms with Gasteiger partial charge in [-0.1, -0.05) is 27.2 Å². The third kappa shape index (κ3) is 3.37. The molecule has 1 amide bonds. The fourth-order valence-electron chi connectivity index (χ4n) is 2.00. The Hall–Kier alpha value is -0.710. The van der Waals surface area contributed by atoms with Crippen LogP contribution < -0.4 is 0 Å². The average molecular weight is 259 g/mol. The molecule has 1 fully saturated rings. The van der Waals surface area contributed by atoms with Gasteiger partial charge in [-0.2, -0.15) is 0 Å². The largest absolute Gasteiger partial charge is 0.480 e. The zero-order chi connectivity index (χ0) is 13.0. The zero-order valence-corrected chi connectivity index (χ0v) is 11.5. The van der Waals surface area contributed by atoms with E-state index in [9.17, 15) is 9.59 Å². The second kappa shape index (κ2) is 6.28. The van der Waals surface area contributed by atoms with Gasteiger partial charge in [-0.3, -0.25) is 4.79 Å². The number of nitrogens with zero attached hydrogens (tertiary/aromatic N) is 1. The summed E-state index contributed by atoms with van der Waals surface area (Å²) in [5.74, 6) is -0.0980. The Kier molecular flexibility index (Phi) is 5.31. The Morgan fingerprint density at radius 3 is 2.59 bits per heavy atom. The Labute approximate surface area is 107 Å². The van der Waals surface area contributed by atoms with E-state index in [0.717, 1.165) is 12.8 Å². The Balaban J connectivity index is 2.78. The molecule has 0 bridgehead atoms. The molecule has 0 aromatic heterocycles. The molecule has 2 atom stereocenters. The summed E-state index contributed by atoms with van der Waals surface area (Å²) in [5, 5.41) is 9.16. The molecule has 4 nitrogen and oxygen atoms in total. The highest BCUT2D eigenvalue weighted by Crippen LogP contribution is 2.34. The van der Waals surface area contributed by atoms with E-state index >= 15 is 0 Å². The summed E-state index contributed by atoms with van der Waals surface area (Å²) in [6.07, 6.45) is 2.25. The van der Waals surface area contributed by atoms with Gasteiger partial charge in [0, 0.05) is 12.2 Å². The van der Waals surface area contributed by atoms with Crippen LogP contribution in [0.1, 0.15) is 40.0 Å². The smallest absolute Gasteiger partial charge is 0.327 e. The summed E-state index contributed by atoms with van der Waals surface area (Å²) in [6.45, 7) is 6.09. The summed E-state index contributed by atoms with van der Waals surface area (Å²) in [7, 11) is 0.